The molecule has 0 saturated carbocycles. The van der Waals surface area contributed by atoms with Gasteiger partial charge in [0, 0.05) is 7.11 Å². The lowest BCUT2D eigenvalue weighted by Crippen LogP contribution is -2.44. The number of rotatable bonds is 7. The van der Waals surface area contributed by atoms with Gasteiger partial charge in [-0.05, 0) is 12.1 Å². The van der Waals surface area contributed by atoms with E-state index in [-0.39, 0.29) is 25.5 Å². The van der Waals surface area contributed by atoms with Crippen LogP contribution < -0.4 is 15.8 Å². The number of ether oxygens (including phenoxy) is 2. The van der Waals surface area contributed by atoms with Gasteiger partial charge < -0.3 is 20.5 Å². The maximum absolute atomic E-state index is 12.7. The van der Waals surface area contributed by atoms with Gasteiger partial charge in [0.15, 0.2) is 0 Å². The summed E-state index contributed by atoms with van der Waals surface area (Å²) in [7, 11) is 1.41. The zero-order valence-corrected chi connectivity index (χ0v) is 11.4. The van der Waals surface area contributed by atoms with Gasteiger partial charge in [-0.1, -0.05) is 12.1 Å². The van der Waals surface area contributed by atoms with Gasteiger partial charge in [0.25, 0.3) is 0 Å². The first-order valence-electron chi connectivity index (χ1n) is 6.17. The number of methoxy groups -OCH3 is 1. The number of hydrogen-bond donors (Lipinski definition) is 2. The topological polar surface area (TPSA) is 73.6 Å². The van der Waals surface area contributed by atoms with Gasteiger partial charge in [-0.2, -0.15) is 13.2 Å². The first kappa shape index (κ1) is 17.3. The number of para-hydroxylation sites is 1. The van der Waals surface area contributed by atoms with E-state index in [0.717, 1.165) is 6.07 Å². The fraction of sp³-hybridized carbons (Fsp3) is 0.462. The van der Waals surface area contributed by atoms with E-state index in [1.54, 1.807) is 0 Å². The lowest BCUT2D eigenvalue weighted by atomic mass is 10.2. The molecule has 3 N–H and O–H groups in total. The van der Waals surface area contributed by atoms with Crippen LogP contribution >= 0.6 is 0 Å². The average molecular weight is 306 g/mol. The number of halogens is 3. The first-order valence-corrected chi connectivity index (χ1v) is 6.17. The van der Waals surface area contributed by atoms with Crippen molar-refractivity contribution in [2.24, 2.45) is 5.73 Å². The van der Waals surface area contributed by atoms with E-state index in [1.807, 2.05) is 0 Å². The van der Waals surface area contributed by atoms with E-state index < -0.39 is 23.7 Å². The number of alkyl halides is 3. The molecule has 0 heterocycles. The van der Waals surface area contributed by atoms with Crippen LogP contribution in [0.1, 0.15) is 5.56 Å². The summed E-state index contributed by atoms with van der Waals surface area (Å²) in [6.07, 6.45) is -4.49. The Balaban J connectivity index is 2.45. The van der Waals surface area contributed by atoms with Gasteiger partial charge in [-0.3, -0.25) is 4.79 Å². The molecular formula is C13H17F3N2O3. The minimum atomic E-state index is -4.49. The second-order valence-corrected chi connectivity index (χ2v) is 4.20. The van der Waals surface area contributed by atoms with Gasteiger partial charge in [-0.25, -0.2) is 0 Å². The summed E-state index contributed by atoms with van der Waals surface area (Å²) in [5.74, 6) is -0.731. The molecule has 1 unspecified atom stereocenters. The van der Waals surface area contributed by atoms with E-state index in [4.69, 9.17) is 15.2 Å². The Labute approximate surface area is 120 Å². The summed E-state index contributed by atoms with van der Waals surface area (Å²) in [4.78, 5) is 11.4. The van der Waals surface area contributed by atoms with Gasteiger partial charge >= 0.3 is 6.18 Å². The molecule has 21 heavy (non-hydrogen) atoms. The van der Waals surface area contributed by atoms with Gasteiger partial charge in [0.2, 0.25) is 5.91 Å². The molecule has 0 radical (unpaired) electrons. The summed E-state index contributed by atoms with van der Waals surface area (Å²) >= 11 is 0. The summed E-state index contributed by atoms with van der Waals surface area (Å²) in [5.41, 5.74) is 4.62. The molecule has 1 aromatic carbocycles. The summed E-state index contributed by atoms with van der Waals surface area (Å²) in [5, 5.41) is 2.45. The molecular weight excluding hydrogens is 289 g/mol. The quantitative estimate of drug-likeness (QED) is 0.742. The van der Waals surface area contributed by atoms with Crippen LogP contribution in [0.15, 0.2) is 24.3 Å². The third-order valence-electron chi connectivity index (χ3n) is 2.53. The van der Waals surface area contributed by atoms with Crippen molar-refractivity contribution in [1.29, 1.82) is 0 Å². The Morgan fingerprint density at radius 2 is 2.05 bits per heavy atom. The molecule has 1 rings (SSSR count). The number of nitrogens with one attached hydrogen (secondary N) is 1. The molecule has 5 nitrogen and oxygen atoms in total. The van der Waals surface area contributed by atoms with E-state index in [9.17, 15) is 18.0 Å². The van der Waals surface area contributed by atoms with Crippen LogP contribution in [0.2, 0.25) is 0 Å². The predicted molar refractivity (Wildman–Crippen MR) is 69.8 cm³/mol. The van der Waals surface area contributed by atoms with Crippen molar-refractivity contribution in [3.05, 3.63) is 29.8 Å². The van der Waals surface area contributed by atoms with Crippen molar-refractivity contribution in [1.82, 2.24) is 5.32 Å². The number of carbonyl (C=O) groups is 1. The minimum Gasteiger partial charge on any atom is -0.491 e. The Hall–Kier alpha value is -1.80. The number of hydrogen-bond acceptors (Lipinski definition) is 4. The zero-order chi connectivity index (χ0) is 15.9. The van der Waals surface area contributed by atoms with Crippen molar-refractivity contribution in [3.63, 3.8) is 0 Å². The van der Waals surface area contributed by atoms with Crippen LogP contribution in [-0.2, 0) is 15.7 Å². The number of amides is 1. The largest absolute Gasteiger partial charge is 0.491 e. The van der Waals surface area contributed by atoms with Gasteiger partial charge in [0.05, 0.1) is 18.7 Å². The molecule has 0 bridgehead atoms. The van der Waals surface area contributed by atoms with Crippen LogP contribution in [0.4, 0.5) is 13.2 Å². The maximum Gasteiger partial charge on any atom is 0.419 e. The smallest absolute Gasteiger partial charge is 0.419 e. The third kappa shape index (κ3) is 5.60. The molecule has 0 aliphatic heterocycles. The molecule has 0 aromatic heterocycles. The summed E-state index contributed by atoms with van der Waals surface area (Å²) < 4.78 is 47.8. The number of benzene rings is 1. The van der Waals surface area contributed by atoms with E-state index >= 15 is 0 Å². The van der Waals surface area contributed by atoms with Crippen molar-refractivity contribution in [2.45, 2.75) is 12.2 Å². The second-order valence-electron chi connectivity index (χ2n) is 4.20. The Kier molecular flexibility index (Phi) is 6.44. The highest BCUT2D eigenvalue weighted by molar-refractivity contribution is 5.81. The normalized spacial score (nSPS) is 12.8. The maximum atomic E-state index is 12.7. The molecule has 1 amide bonds. The molecule has 0 aliphatic carbocycles. The minimum absolute atomic E-state index is 0.0441. The SMILES string of the molecule is COCC(N)C(=O)NCCOc1ccccc1C(F)(F)F. The molecule has 1 aromatic rings. The van der Waals surface area contributed by atoms with Crippen molar-refractivity contribution < 1.29 is 27.4 Å². The van der Waals surface area contributed by atoms with Crippen molar-refractivity contribution in [3.8, 4) is 5.75 Å². The van der Waals surface area contributed by atoms with Crippen molar-refractivity contribution in [2.75, 3.05) is 26.9 Å². The standard InChI is InChI=1S/C13H17F3N2O3/c1-20-8-10(17)12(19)18-6-7-21-11-5-3-2-4-9(11)13(14,15)16/h2-5,10H,6-8,17H2,1H3,(H,18,19). The lowest BCUT2D eigenvalue weighted by molar-refractivity contribution is -0.139. The molecule has 0 fully saturated rings. The van der Waals surface area contributed by atoms with E-state index in [0.29, 0.717) is 0 Å². The van der Waals surface area contributed by atoms with Crippen LogP contribution in [0.25, 0.3) is 0 Å². The highest BCUT2D eigenvalue weighted by atomic mass is 19.4. The highest BCUT2D eigenvalue weighted by Crippen LogP contribution is 2.35. The van der Waals surface area contributed by atoms with Gasteiger partial charge in [0.1, 0.15) is 18.4 Å². The summed E-state index contributed by atoms with van der Waals surface area (Å²) in [6, 6.07) is 4.06. The Morgan fingerprint density at radius 1 is 1.38 bits per heavy atom. The fourth-order valence-corrected chi connectivity index (χ4v) is 1.55. The van der Waals surface area contributed by atoms with Crippen LogP contribution in [0.3, 0.4) is 0 Å². The first-order chi connectivity index (χ1) is 9.86. The Bertz CT molecular complexity index is 466. The van der Waals surface area contributed by atoms with Gasteiger partial charge in [-0.15, -0.1) is 0 Å². The van der Waals surface area contributed by atoms with Crippen LogP contribution in [0, 0.1) is 0 Å². The lowest BCUT2D eigenvalue weighted by Gasteiger charge is -2.15. The summed E-state index contributed by atoms with van der Waals surface area (Å²) in [6.45, 7) is 0.00454. The fourth-order valence-electron chi connectivity index (χ4n) is 1.55. The van der Waals surface area contributed by atoms with Crippen molar-refractivity contribution >= 4 is 5.91 Å². The molecule has 1 atom stereocenters. The highest BCUT2D eigenvalue weighted by Gasteiger charge is 2.33. The number of nitrogens with two attached hydrogens (primary N) is 1. The van der Waals surface area contributed by atoms with E-state index in [2.05, 4.69) is 5.32 Å². The molecule has 0 aliphatic rings. The monoisotopic (exact) mass is 306 g/mol. The Morgan fingerprint density at radius 3 is 2.67 bits per heavy atom. The second kappa shape index (κ2) is 7.84. The molecule has 0 saturated heterocycles. The van der Waals surface area contributed by atoms with E-state index in [1.165, 1.54) is 25.3 Å². The predicted octanol–water partition coefficient (Wildman–Crippen LogP) is 1.17. The van der Waals surface area contributed by atoms with Crippen LogP contribution in [0.5, 0.6) is 5.75 Å². The number of carbonyl (C=O) groups excluding carboxylic acids is 1. The molecule has 0 spiro atoms. The molecule has 118 valence electrons. The zero-order valence-electron chi connectivity index (χ0n) is 11.4. The molecule has 8 heteroatoms. The van der Waals surface area contributed by atoms with Crippen LogP contribution in [-0.4, -0.2) is 38.8 Å². The third-order valence-corrected chi connectivity index (χ3v) is 2.53. The average Bonchev–Trinajstić information content (AvgIpc) is 2.43.